The molecule has 2 fully saturated rings. The number of amides is 1. The monoisotopic (exact) mass is 649 g/mol. The fourth-order valence-electron chi connectivity index (χ4n) is 6.51. The van der Waals surface area contributed by atoms with Crippen molar-refractivity contribution in [3.63, 3.8) is 0 Å². The van der Waals surface area contributed by atoms with Crippen molar-refractivity contribution < 1.29 is 33.0 Å². The van der Waals surface area contributed by atoms with E-state index in [1.54, 1.807) is 50.5 Å². The van der Waals surface area contributed by atoms with Gasteiger partial charge in [-0.1, -0.05) is 12.1 Å². The third-order valence-electron chi connectivity index (χ3n) is 8.90. The Hall–Kier alpha value is -4.49. The first-order valence-electron chi connectivity index (χ1n) is 15.0. The lowest BCUT2D eigenvalue weighted by Crippen LogP contribution is -2.52. The van der Waals surface area contributed by atoms with Crippen molar-refractivity contribution in [2.45, 2.75) is 38.9 Å². The molecule has 3 atom stereocenters. The number of aliphatic imine (C=N–C) groups is 1. The van der Waals surface area contributed by atoms with Crippen molar-refractivity contribution in [2.24, 2.45) is 10.9 Å². The van der Waals surface area contributed by atoms with Gasteiger partial charge in [0.2, 0.25) is 0 Å². The number of hydrogen-bond donors (Lipinski definition) is 2. The molecule has 13 heteroatoms. The average molecular weight is 650 g/mol. The van der Waals surface area contributed by atoms with Crippen molar-refractivity contribution >= 4 is 40.7 Å². The van der Waals surface area contributed by atoms with Crippen LogP contribution in [0.1, 0.15) is 51.4 Å². The molecular formula is C33H33F2N5O5S. The zero-order valence-electron chi connectivity index (χ0n) is 25.5. The highest BCUT2D eigenvalue weighted by atomic mass is 32.1. The first kappa shape index (κ1) is 31.5. The molecule has 3 aliphatic heterocycles. The number of aryl methyl sites for hydroxylation is 1. The number of aromatic carboxylic acids is 1. The van der Waals surface area contributed by atoms with Crippen molar-refractivity contribution in [2.75, 3.05) is 37.7 Å². The Morgan fingerprint density at radius 2 is 2.02 bits per heavy atom. The quantitative estimate of drug-likeness (QED) is 0.340. The smallest absolute Gasteiger partial charge is 0.338 e. The molecule has 2 saturated heterocycles. The van der Waals surface area contributed by atoms with Crippen LogP contribution >= 0.6 is 11.3 Å². The molecule has 0 bridgehead atoms. The molecule has 1 amide bonds. The number of piperidine rings is 1. The molecule has 0 saturated carbocycles. The number of thiazole rings is 1. The number of alkyl halides is 1. The Balaban J connectivity index is 1.33. The van der Waals surface area contributed by atoms with Crippen LogP contribution in [0.3, 0.4) is 0 Å². The lowest BCUT2D eigenvalue weighted by Gasteiger charge is -2.38. The number of amidine groups is 1. The number of carbonyl (C=O) groups is 3. The number of rotatable bonds is 8. The lowest BCUT2D eigenvalue weighted by atomic mass is 9.84. The number of aromatic nitrogens is 1. The summed E-state index contributed by atoms with van der Waals surface area (Å²) < 4.78 is 36.7. The highest BCUT2D eigenvalue weighted by Crippen LogP contribution is 2.43. The summed E-state index contributed by atoms with van der Waals surface area (Å²) >= 11 is 1.36. The minimum absolute atomic E-state index is 0.0544. The predicted molar refractivity (Wildman–Crippen MR) is 168 cm³/mol. The van der Waals surface area contributed by atoms with Gasteiger partial charge in [-0.15, -0.1) is 11.3 Å². The molecule has 0 spiro atoms. The topological polar surface area (TPSA) is 124 Å². The van der Waals surface area contributed by atoms with Gasteiger partial charge >= 0.3 is 11.9 Å². The molecule has 0 unspecified atom stereocenters. The van der Waals surface area contributed by atoms with E-state index in [2.05, 4.69) is 10.3 Å². The van der Waals surface area contributed by atoms with Crippen molar-refractivity contribution in [1.29, 1.82) is 0 Å². The molecule has 2 N–H and O–H groups in total. The average Bonchev–Trinajstić information content (AvgIpc) is 3.65. The predicted octanol–water partition coefficient (Wildman–Crippen LogP) is 4.58. The summed E-state index contributed by atoms with van der Waals surface area (Å²) in [6.07, 6.45) is 1.59. The second-order valence-corrected chi connectivity index (χ2v) is 12.6. The van der Waals surface area contributed by atoms with E-state index in [4.69, 9.17) is 9.73 Å². The number of nitrogens with one attached hydrogen (secondary N) is 1. The van der Waals surface area contributed by atoms with Gasteiger partial charge in [0.1, 0.15) is 11.9 Å². The maximum Gasteiger partial charge on any atom is 0.338 e. The van der Waals surface area contributed by atoms with Crippen LogP contribution in [0.5, 0.6) is 0 Å². The number of anilines is 1. The van der Waals surface area contributed by atoms with Gasteiger partial charge in [0.05, 0.1) is 17.7 Å². The Labute approximate surface area is 268 Å². The molecule has 4 heterocycles. The van der Waals surface area contributed by atoms with Gasteiger partial charge in [0.15, 0.2) is 16.5 Å². The van der Waals surface area contributed by atoms with Crippen LogP contribution in [0.2, 0.25) is 0 Å². The Kier molecular flexibility index (Phi) is 8.47. The molecule has 240 valence electrons. The summed E-state index contributed by atoms with van der Waals surface area (Å²) in [7, 11) is 0. The summed E-state index contributed by atoms with van der Waals surface area (Å²) in [4.78, 5) is 51.0. The minimum atomic E-state index is -2.08. The summed E-state index contributed by atoms with van der Waals surface area (Å²) in [5, 5.41) is 15.0. The van der Waals surface area contributed by atoms with Gasteiger partial charge in [-0.05, 0) is 61.7 Å². The molecule has 46 heavy (non-hydrogen) atoms. The van der Waals surface area contributed by atoms with Crippen LogP contribution in [0, 0.1) is 25.6 Å². The third-order valence-corrected chi connectivity index (χ3v) is 9.68. The number of halogens is 2. The Morgan fingerprint density at radius 1 is 1.22 bits per heavy atom. The maximum atomic E-state index is 16.4. The van der Waals surface area contributed by atoms with Gasteiger partial charge in [0, 0.05) is 61.5 Å². The Morgan fingerprint density at radius 3 is 2.72 bits per heavy atom. The molecule has 2 aromatic carbocycles. The number of nitrogens with zero attached hydrogens (tertiary/aromatic N) is 4. The van der Waals surface area contributed by atoms with E-state index in [1.165, 1.54) is 34.4 Å². The van der Waals surface area contributed by atoms with Crippen molar-refractivity contribution in [3.05, 3.63) is 92.3 Å². The second-order valence-electron chi connectivity index (χ2n) is 11.7. The van der Waals surface area contributed by atoms with Gasteiger partial charge in [0.25, 0.3) is 5.91 Å². The summed E-state index contributed by atoms with van der Waals surface area (Å²) in [5.41, 5.74) is 0.632. The number of esters is 1. The lowest BCUT2D eigenvalue weighted by molar-refractivity contribution is -0.139. The minimum Gasteiger partial charge on any atom is -0.478 e. The number of hydrogen-bond acceptors (Lipinski definition) is 9. The van der Waals surface area contributed by atoms with Gasteiger partial charge in [-0.25, -0.2) is 23.4 Å². The number of fused-ring (bicyclic) bond motifs is 1. The van der Waals surface area contributed by atoms with Gasteiger partial charge < -0.3 is 20.1 Å². The molecule has 0 radical (unpaired) electrons. The number of benzene rings is 2. The van der Waals surface area contributed by atoms with E-state index in [9.17, 15) is 23.9 Å². The number of carbonyl (C=O) groups excluding carboxylic acids is 2. The van der Waals surface area contributed by atoms with Crippen LogP contribution in [0.15, 0.2) is 64.2 Å². The van der Waals surface area contributed by atoms with Crippen molar-refractivity contribution in [3.8, 4) is 0 Å². The first-order valence-corrected chi connectivity index (χ1v) is 15.9. The van der Waals surface area contributed by atoms with E-state index >= 15 is 4.39 Å². The molecular weight excluding hydrogens is 616 g/mol. The van der Waals surface area contributed by atoms with E-state index in [1.807, 2.05) is 4.90 Å². The SMILES string of the molecule is CCOC(=O)C1=C(CN2CC[C@@]3(F)C(=O)N(c4ccc(C(=O)O)cc4C)C[C@H]3C2)NC(c2nccs2)=N[C@H]1c1cccc(F)c1C. The van der Waals surface area contributed by atoms with Gasteiger partial charge in [-0.3, -0.25) is 14.7 Å². The van der Waals surface area contributed by atoms with E-state index in [-0.39, 0.29) is 50.3 Å². The molecule has 10 nitrogen and oxygen atoms in total. The summed E-state index contributed by atoms with van der Waals surface area (Å²) in [6.45, 7) is 5.92. The summed E-state index contributed by atoms with van der Waals surface area (Å²) in [5.74, 6) is -2.99. The van der Waals surface area contributed by atoms with Gasteiger partial charge in [-0.2, -0.15) is 0 Å². The van der Waals surface area contributed by atoms with Crippen LogP contribution < -0.4 is 10.2 Å². The fraction of sp³-hybridized carbons (Fsp3) is 0.364. The Bertz CT molecular complexity index is 1780. The van der Waals surface area contributed by atoms with E-state index in [0.717, 1.165) is 0 Å². The number of likely N-dealkylation sites (tertiary alicyclic amines) is 1. The maximum absolute atomic E-state index is 16.4. The van der Waals surface area contributed by atoms with Crippen LogP contribution in [0.25, 0.3) is 0 Å². The normalized spacial score (nSPS) is 23.2. The number of ether oxygens (including phenoxy) is 1. The highest BCUT2D eigenvalue weighted by Gasteiger charge is 2.57. The number of carboxylic acid groups (broad SMARTS) is 1. The van der Waals surface area contributed by atoms with Crippen LogP contribution in [0.4, 0.5) is 14.5 Å². The molecule has 1 aromatic heterocycles. The van der Waals surface area contributed by atoms with Crippen LogP contribution in [-0.4, -0.2) is 77.1 Å². The largest absolute Gasteiger partial charge is 0.478 e. The van der Waals surface area contributed by atoms with E-state index < -0.39 is 41.3 Å². The van der Waals surface area contributed by atoms with Crippen molar-refractivity contribution in [1.82, 2.24) is 15.2 Å². The van der Waals surface area contributed by atoms with E-state index in [0.29, 0.717) is 38.9 Å². The van der Waals surface area contributed by atoms with Crippen LogP contribution in [-0.2, 0) is 14.3 Å². The molecule has 3 aliphatic rings. The third kappa shape index (κ3) is 5.58. The molecule has 0 aliphatic carbocycles. The zero-order chi connectivity index (χ0) is 32.7. The first-order chi connectivity index (χ1) is 22.0. The summed E-state index contributed by atoms with van der Waals surface area (Å²) in [6, 6.07) is 8.21. The number of carboxylic acids is 1. The molecule has 6 rings (SSSR count). The zero-order valence-corrected chi connectivity index (χ0v) is 26.4. The fourth-order valence-corrected chi connectivity index (χ4v) is 7.10. The standard InChI is InChI=1S/C33H33F2N5O5S/c1-4-45-31(43)26-24(37-28(29-36-11-13-46-29)38-27(26)22-6-5-7-23(34)19(22)3)17-39-12-10-33(35)21(15-39)16-40(32(33)44)25-9-8-20(30(41)42)14-18(25)2/h5-9,11,13-14,21,27H,4,10,12,15-17H2,1-3H3,(H,37,38)(H,41,42)/t21-,27+,33+/m1/s1. The molecule has 3 aromatic rings. The second kappa shape index (κ2) is 12.4. The highest BCUT2D eigenvalue weighted by molar-refractivity contribution is 7.11.